The van der Waals surface area contributed by atoms with E-state index in [2.05, 4.69) is 10.6 Å². The van der Waals surface area contributed by atoms with Gasteiger partial charge >= 0.3 is 5.97 Å². The summed E-state index contributed by atoms with van der Waals surface area (Å²) < 4.78 is 5.70. The number of carbonyl (C=O) groups is 2. The topological polar surface area (TPSA) is 87.7 Å². The summed E-state index contributed by atoms with van der Waals surface area (Å²) in [6.07, 6.45) is 0. The average Bonchev–Trinajstić information content (AvgIpc) is 2.73. The first-order valence-corrected chi connectivity index (χ1v) is 10.1. The monoisotopic (exact) mass is 458 g/mol. The number of nitrogens with one attached hydrogen (secondary N) is 2. The number of halogens is 2. The standard InChI is InChI=1S/C23H20Cl2N2O4/c1-14-2-5-17(6-3-14)27-22(28)13-31-21-9-4-16(24)10-15(21)12-26-18-7-8-19(23(29)30)20(25)11-18/h2-11,26H,12-13H2,1H3,(H,27,28)(H,29,30). The first kappa shape index (κ1) is 22.5. The van der Waals surface area contributed by atoms with E-state index in [1.54, 1.807) is 24.3 Å². The third-order valence-electron chi connectivity index (χ3n) is 4.40. The Morgan fingerprint density at radius 3 is 2.35 bits per heavy atom. The number of benzene rings is 3. The predicted octanol–water partition coefficient (Wildman–Crippen LogP) is 5.63. The number of amides is 1. The van der Waals surface area contributed by atoms with Gasteiger partial charge in [-0.25, -0.2) is 4.79 Å². The first-order valence-electron chi connectivity index (χ1n) is 9.36. The fourth-order valence-corrected chi connectivity index (χ4v) is 3.26. The molecule has 8 heteroatoms. The molecule has 0 fully saturated rings. The number of carbonyl (C=O) groups excluding carboxylic acids is 1. The van der Waals surface area contributed by atoms with Gasteiger partial charge in [-0.2, -0.15) is 0 Å². The van der Waals surface area contributed by atoms with Gasteiger partial charge in [-0.05, 0) is 55.5 Å². The molecule has 0 saturated heterocycles. The van der Waals surface area contributed by atoms with Crippen LogP contribution in [0.25, 0.3) is 0 Å². The van der Waals surface area contributed by atoms with Gasteiger partial charge in [0.05, 0.1) is 10.6 Å². The van der Waals surface area contributed by atoms with E-state index in [0.29, 0.717) is 28.7 Å². The number of carboxylic acid groups (broad SMARTS) is 1. The molecule has 0 bridgehead atoms. The molecule has 160 valence electrons. The lowest BCUT2D eigenvalue weighted by molar-refractivity contribution is -0.118. The molecule has 0 aliphatic rings. The van der Waals surface area contributed by atoms with Crippen molar-refractivity contribution < 1.29 is 19.4 Å². The number of anilines is 2. The molecule has 1 amide bonds. The van der Waals surface area contributed by atoms with Crippen LogP contribution >= 0.6 is 23.2 Å². The summed E-state index contributed by atoms with van der Waals surface area (Å²) in [7, 11) is 0. The number of ether oxygens (including phenoxy) is 1. The lowest BCUT2D eigenvalue weighted by atomic mass is 10.1. The van der Waals surface area contributed by atoms with E-state index in [0.717, 1.165) is 11.1 Å². The summed E-state index contributed by atoms with van der Waals surface area (Å²) >= 11 is 12.1. The summed E-state index contributed by atoms with van der Waals surface area (Å²) in [4.78, 5) is 23.3. The Morgan fingerprint density at radius 1 is 0.968 bits per heavy atom. The van der Waals surface area contributed by atoms with Gasteiger partial charge in [0.15, 0.2) is 6.61 Å². The quantitative estimate of drug-likeness (QED) is 0.407. The van der Waals surface area contributed by atoms with Crippen molar-refractivity contribution in [3.63, 3.8) is 0 Å². The molecule has 0 aliphatic carbocycles. The summed E-state index contributed by atoms with van der Waals surface area (Å²) in [6.45, 7) is 2.14. The Hall–Kier alpha value is -3.22. The highest BCUT2D eigenvalue weighted by molar-refractivity contribution is 6.33. The number of hydrogen-bond donors (Lipinski definition) is 3. The van der Waals surface area contributed by atoms with Crippen LogP contribution in [0.1, 0.15) is 21.5 Å². The fraction of sp³-hybridized carbons (Fsp3) is 0.130. The van der Waals surface area contributed by atoms with E-state index < -0.39 is 5.97 Å². The second kappa shape index (κ2) is 10.2. The SMILES string of the molecule is Cc1ccc(NC(=O)COc2ccc(Cl)cc2CNc2ccc(C(=O)O)c(Cl)c2)cc1. The average molecular weight is 459 g/mol. The first-order chi connectivity index (χ1) is 14.8. The zero-order chi connectivity index (χ0) is 22.4. The highest BCUT2D eigenvalue weighted by Gasteiger charge is 2.11. The Kier molecular flexibility index (Phi) is 7.39. The lowest BCUT2D eigenvalue weighted by Crippen LogP contribution is -2.20. The zero-order valence-corrected chi connectivity index (χ0v) is 18.1. The van der Waals surface area contributed by atoms with Crippen molar-refractivity contribution in [2.45, 2.75) is 13.5 Å². The maximum atomic E-state index is 12.2. The summed E-state index contributed by atoms with van der Waals surface area (Å²) in [5.74, 6) is -0.871. The van der Waals surface area contributed by atoms with Crippen LogP contribution in [0.3, 0.4) is 0 Å². The minimum absolute atomic E-state index is 0.0265. The Bertz CT molecular complexity index is 1100. The van der Waals surface area contributed by atoms with Crippen LogP contribution in [0, 0.1) is 6.92 Å². The zero-order valence-electron chi connectivity index (χ0n) is 16.6. The fourth-order valence-electron chi connectivity index (χ4n) is 2.80. The van der Waals surface area contributed by atoms with Gasteiger partial charge < -0.3 is 20.5 Å². The van der Waals surface area contributed by atoms with E-state index in [1.165, 1.54) is 12.1 Å². The Morgan fingerprint density at radius 2 is 1.68 bits per heavy atom. The molecule has 0 atom stereocenters. The van der Waals surface area contributed by atoms with E-state index >= 15 is 0 Å². The molecule has 0 aliphatic heterocycles. The van der Waals surface area contributed by atoms with E-state index in [4.69, 9.17) is 33.0 Å². The van der Waals surface area contributed by atoms with Crippen LogP contribution in [-0.2, 0) is 11.3 Å². The summed E-state index contributed by atoms with van der Waals surface area (Å²) in [5.41, 5.74) is 3.19. The number of hydrogen-bond acceptors (Lipinski definition) is 4. The molecule has 0 unspecified atom stereocenters. The molecule has 3 aromatic rings. The molecule has 3 N–H and O–H groups in total. The molecule has 6 nitrogen and oxygen atoms in total. The minimum atomic E-state index is -1.09. The minimum Gasteiger partial charge on any atom is -0.483 e. The molecular weight excluding hydrogens is 439 g/mol. The molecular formula is C23H20Cl2N2O4. The van der Waals surface area contributed by atoms with Crippen LogP contribution in [0.5, 0.6) is 5.75 Å². The third-order valence-corrected chi connectivity index (χ3v) is 4.95. The number of rotatable bonds is 8. The van der Waals surface area contributed by atoms with Gasteiger partial charge in [0.2, 0.25) is 0 Å². The van der Waals surface area contributed by atoms with Gasteiger partial charge in [0.1, 0.15) is 5.75 Å². The summed E-state index contributed by atoms with van der Waals surface area (Å²) in [6, 6.07) is 17.2. The van der Waals surface area contributed by atoms with Gasteiger partial charge in [-0.15, -0.1) is 0 Å². The van der Waals surface area contributed by atoms with Crippen LogP contribution in [-0.4, -0.2) is 23.6 Å². The molecule has 0 saturated carbocycles. The van der Waals surface area contributed by atoms with Crippen molar-refractivity contribution in [2.75, 3.05) is 17.2 Å². The summed E-state index contributed by atoms with van der Waals surface area (Å²) in [5, 5.41) is 15.7. The van der Waals surface area contributed by atoms with E-state index in [1.807, 2.05) is 31.2 Å². The smallest absolute Gasteiger partial charge is 0.337 e. The van der Waals surface area contributed by atoms with Crippen LogP contribution in [0.15, 0.2) is 60.7 Å². The third kappa shape index (κ3) is 6.38. The normalized spacial score (nSPS) is 10.4. The highest BCUT2D eigenvalue weighted by atomic mass is 35.5. The largest absolute Gasteiger partial charge is 0.483 e. The van der Waals surface area contributed by atoms with Crippen molar-refractivity contribution in [3.05, 3.63) is 87.4 Å². The Labute approximate surface area is 189 Å². The number of aryl methyl sites for hydroxylation is 1. The van der Waals surface area contributed by atoms with E-state index in [9.17, 15) is 9.59 Å². The molecule has 0 spiro atoms. The molecule has 31 heavy (non-hydrogen) atoms. The number of aromatic carboxylic acids is 1. The molecule has 0 aromatic heterocycles. The highest BCUT2D eigenvalue weighted by Crippen LogP contribution is 2.26. The van der Waals surface area contributed by atoms with Crippen molar-refractivity contribution in [3.8, 4) is 5.75 Å². The maximum Gasteiger partial charge on any atom is 0.337 e. The maximum absolute atomic E-state index is 12.2. The molecule has 0 radical (unpaired) electrons. The van der Waals surface area contributed by atoms with Crippen molar-refractivity contribution in [1.29, 1.82) is 0 Å². The molecule has 3 aromatic carbocycles. The van der Waals surface area contributed by atoms with Crippen molar-refractivity contribution >= 4 is 46.5 Å². The molecule has 3 rings (SSSR count). The van der Waals surface area contributed by atoms with Crippen LogP contribution in [0.4, 0.5) is 11.4 Å². The second-order valence-corrected chi connectivity index (χ2v) is 7.65. The second-order valence-electron chi connectivity index (χ2n) is 6.81. The van der Waals surface area contributed by atoms with Crippen LogP contribution < -0.4 is 15.4 Å². The molecule has 0 heterocycles. The lowest BCUT2D eigenvalue weighted by Gasteiger charge is -2.14. The van der Waals surface area contributed by atoms with Crippen molar-refractivity contribution in [2.24, 2.45) is 0 Å². The Balaban J connectivity index is 1.63. The van der Waals surface area contributed by atoms with Gasteiger partial charge in [-0.1, -0.05) is 40.9 Å². The van der Waals surface area contributed by atoms with E-state index in [-0.39, 0.29) is 23.1 Å². The van der Waals surface area contributed by atoms with Gasteiger partial charge in [-0.3, -0.25) is 4.79 Å². The predicted molar refractivity (Wildman–Crippen MR) is 122 cm³/mol. The van der Waals surface area contributed by atoms with Gasteiger partial charge in [0, 0.05) is 28.5 Å². The van der Waals surface area contributed by atoms with Crippen molar-refractivity contribution in [1.82, 2.24) is 0 Å². The van der Waals surface area contributed by atoms with Gasteiger partial charge in [0.25, 0.3) is 5.91 Å². The number of carboxylic acids is 1. The van der Waals surface area contributed by atoms with Crippen LogP contribution in [0.2, 0.25) is 10.0 Å².